The maximum Gasteiger partial charge on any atom is 0.232 e. The minimum Gasteiger partial charge on any atom is -0.399 e. The number of nitrogens with zero attached hydrogens (tertiary/aromatic N) is 4. The van der Waals surface area contributed by atoms with Crippen molar-refractivity contribution in [2.45, 2.75) is 35.7 Å². The molecule has 0 bridgehead atoms. The smallest absolute Gasteiger partial charge is 0.232 e. The Hall–Kier alpha value is -2.41. The lowest BCUT2D eigenvalue weighted by atomic mass is 10.3. The number of aromatic nitrogens is 3. The minimum atomic E-state index is 0.455. The highest BCUT2D eigenvalue weighted by molar-refractivity contribution is 7.99. The van der Waals surface area contributed by atoms with E-state index in [1.807, 2.05) is 30.3 Å². The lowest BCUT2D eigenvalue weighted by Gasteiger charge is -2.08. The van der Waals surface area contributed by atoms with Crippen LogP contribution in [0.3, 0.4) is 0 Å². The Bertz CT molecular complexity index is 841. The van der Waals surface area contributed by atoms with Crippen molar-refractivity contribution in [3.05, 3.63) is 41.7 Å². The van der Waals surface area contributed by atoms with E-state index in [1.165, 1.54) is 17.3 Å². The van der Waals surface area contributed by atoms with Crippen LogP contribution in [0.15, 0.2) is 51.0 Å². The van der Waals surface area contributed by atoms with Crippen LogP contribution in [0, 0.1) is 0 Å². The molecule has 1 aliphatic heterocycles. The standard InChI is InChI=1S/C17H18N6S/c1-10-7-14(19-9-10)20-16-21-15(11-5-6-11)22-17(23-16)24-13-4-2-3-12(18)8-13/h2-4,7-8,11H,5-6,9,18H2,1H3,(H,19,20,21,22,23). The van der Waals surface area contributed by atoms with Gasteiger partial charge in [-0.2, -0.15) is 9.97 Å². The fourth-order valence-corrected chi connectivity index (χ4v) is 3.23. The van der Waals surface area contributed by atoms with Gasteiger partial charge in [0.2, 0.25) is 5.95 Å². The second-order valence-corrected chi connectivity index (χ2v) is 7.11. The minimum absolute atomic E-state index is 0.455. The molecule has 1 fully saturated rings. The summed E-state index contributed by atoms with van der Waals surface area (Å²) in [6.07, 6.45) is 4.31. The van der Waals surface area contributed by atoms with Crippen LogP contribution in [0.2, 0.25) is 0 Å². The van der Waals surface area contributed by atoms with Crippen molar-refractivity contribution in [1.82, 2.24) is 15.0 Å². The number of hydrogen-bond donors (Lipinski definition) is 2. The third-order valence-electron chi connectivity index (χ3n) is 3.76. The highest BCUT2D eigenvalue weighted by Crippen LogP contribution is 2.39. The molecule has 2 heterocycles. The van der Waals surface area contributed by atoms with Crippen LogP contribution in [-0.4, -0.2) is 27.3 Å². The molecule has 2 aromatic rings. The molecule has 2 aliphatic rings. The predicted molar refractivity (Wildman–Crippen MR) is 96.5 cm³/mol. The van der Waals surface area contributed by atoms with Gasteiger partial charge in [0.05, 0.1) is 6.54 Å². The number of nitrogens with one attached hydrogen (secondary N) is 1. The van der Waals surface area contributed by atoms with E-state index in [1.54, 1.807) is 0 Å². The average Bonchev–Trinajstić information content (AvgIpc) is 3.31. The summed E-state index contributed by atoms with van der Waals surface area (Å²) in [6.45, 7) is 2.79. The summed E-state index contributed by atoms with van der Waals surface area (Å²) in [4.78, 5) is 19.1. The van der Waals surface area contributed by atoms with Gasteiger partial charge >= 0.3 is 0 Å². The molecule has 122 valence electrons. The van der Waals surface area contributed by atoms with Gasteiger partial charge in [0.15, 0.2) is 5.16 Å². The Morgan fingerprint density at radius 2 is 2.08 bits per heavy atom. The van der Waals surface area contributed by atoms with Crippen LogP contribution in [0.4, 0.5) is 11.6 Å². The van der Waals surface area contributed by atoms with Crippen LogP contribution < -0.4 is 11.1 Å². The number of nitrogen functional groups attached to an aromatic ring is 1. The normalized spacial score (nSPS) is 16.7. The maximum atomic E-state index is 5.85. The number of aliphatic imine (C=N–C) groups is 1. The van der Waals surface area contributed by atoms with Gasteiger partial charge < -0.3 is 11.1 Å². The molecule has 0 amide bonds. The maximum absolute atomic E-state index is 5.85. The van der Waals surface area contributed by atoms with E-state index >= 15 is 0 Å². The van der Waals surface area contributed by atoms with Gasteiger partial charge in [-0.3, -0.25) is 4.99 Å². The molecule has 1 aromatic carbocycles. The molecule has 24 heavy (non-hydrogen) atoms. The Morgan fingerprint density at radius 3 is 2.79 bits per heavy atom. The van der Waals surface area contributed by atoms with Gasteiger partial charge in [-0.05, 0) is 61.4 Å². The van der Waals surface area contributed by atoms with E-state index in [9.17, 15) is 0 Å². The molecule has 4 rings (SSSR count). The average molecular weight is 338 g/mol. The van der Waals surface area contributed by atoms with Crippen molar-refractivity contribution < 1.29 is 0 Å². The highest BCUT2D eigenvalue weighted by Gasteiger charge is 2.28. The van der Waals surface area contributed by atoms with Crippen molar-refractivity contribution in [3.8, 4) is 0 Å². The molecule has 6 nitrogen and oxygen atoms in total. The van der Waals surface area contributed by atoms with Crippen LogP contribution >= 0.6 is 11.8 Å². The van der Waals surface area contributed by atoms with Crippen molar-refractivity contribution in [2.75, 3.05) is 17.6 Å². The summed E-state index contributed by atoms with van der Waals surface area (Å²) in [6, 6.07) is 7.72. The first kappa shape index (κ1) is 15.1. The van der Waals surface area contributed by atoms with Crippen LogP contribution in [0.5, 0.6) is 0 Å². The van der Waals surface area contributed by atoms with Crippen molar-refractivity contribution >= 4 is 29.2 Å². The zero-order chi connectivity index (χ0) is 16.5. The van der Waals surface area contributed by atoms with Crippen molar-refractivity contribution in [2.24, 2.45) is 4.99 Å². The molecule has 0 spiro atoms. The molecule has 0 radical (unpaired) electrons. The van der Waals surface area contributed by atoms with E-state index in [2.05, 4.69) is 32.2 Å². The number of anilines is 2. The number of nitrogens with two attached hydrogens (primary N) is 1. The van der Waals surface area contributed by atoms with E-state index < -0.39 is 0 Å². The zero-order valence-corrected chi connectivity index (χ0v) is 14.2. The predicted octanol–water partition coefficient (Wildman–Crippen LogP) is 3.25. The SMILES string of the molecule is CC1=CC(Nc2nc(Sc3cccc(N)c3)nc(C3CC3)n2)=NC1. The van der Waals surface area contributed by atoms with E-state index in [4.69, 9.17) is 5.73 Å². The molecule has 1 aromatic heterocycles. The van der Waals surface area contributed by atoms with Crippen molar-refractivity contribution in [1.29, 1.82) is 0 Å². The summed E-state index contributed by atoms with van der Waals surface area (Å²) in [5.41, 5.74) is 7.81. The Labute approximate surface area is 144 Å². The molecule has 3 N–H and O–H groups in total. The van der Waals surface area contributed by atoms with Gasteiger partial charge in [-0.1, -0.05) is 6.07 Å². The fraction of sp³-hybridized carbons (Fsp3) is 0.294. The first-order chi connectivity index (χ1) is 11.7. The molecule has 0 saturated heterocycles. The molecular formula is C17H18N6S. The Balaban J connectivity index is 1.61. The summed E-state index contributed by atoms with van der Waals surface area (Å²) in [7, 11) is 0. The first-order valence-electron chi connectivity index (χ1n) is 7.94. The summed E-state index contributed by atoms with van der Waals surface area (Å²) in [5, 5.41) is 3.89. The number of amidine groups is 1. The number of rotatable bonds is 4. The van der Waals surface area contributed by atoms with E-state index in [0.717, 1.165) is 41.6 Å². The second kappa shape index (κ2) is 6.24. The van der Waals surface area contributed by atoms with Crippen LogP contribution in [0.1, 0.15) is 31.5 Å². The van der Waals surface area contributed by atoms with Crippen LogP contribution in [0.25, 0.3) is 0 Å². The van der Waals surface area contributed by atoms with E-state index in [0.29, 0.717) is 17.0 Å². The lowest BCUT2D eigenvalue weighted by molar-refractivity contribution is 0.816. The number of hydrogen-bond acceptors (Lipinski definition) is 7. The Kier molecular flexibility index (Phi) is 3.93. The monoisotopic (exact) mass is 338 g/mol. The molecule has 1 aliphatic carbocycles. The Morgan fingerprint density at radius 1 is 1.21 bits per heavy atom. The third-order valence-corrected chi connectivity index (χ3v) is 4.62. The lowest BCUT2D eigenvalue weighted by Crippen LogP contribution is -2.12. The summed E-state index contributed by atoms with van der Waals surface area (Å²) < 4.78 is 0. The third kappa shape index (κ3) is 3.56. The fourth-order valence-electron chi connectivity index (χ4n) is 2.41. The largest absolute Gasteiger partial charge is 0.399 e. The summed E-state index contributed by atoms with van der Waals surface area (Å²) in [5.74, 6) is 2.68. The van der Waals surface area contributed by atoms with Crippen LogP contribution in [-0.2, 0) is 0 Å². The summed E-state index contributed by atoms with van der Waals surface area (Å²) >= 11 is 1.50. The molecule has 1 saturated carbocycles. The first-order valence-corrected chi connectivity index (χ1v) is 8.75. The molecular weight excluding hydrogens is 320 g/mol. The van der Waals surface area contributed by atoms with Crippen molar-refractivity contribution in [3.63, 3.8) is 0 Å². The molecule has 0 unspecified atom stereocenters. The van der Waals surface area contributed by atoms with Gasteiger partial charge in [0.1, 0.15) is 11.7 Å². The van der Waals surface area contributed by atoms with Gasteiger partial charge in [0, 0.05) is 16.5 Å². The highest BCUT2D eigenvalue weighted by atomic mass is 32.2. The zero-order valence-electron chi connectivity index (χ0n) is 13.4. The number of benzene rings is 1. The molecule has 7 heteroatoms. The molecule has 0 atom stereocenters. The van der Waals surface area contributed by atoms with Gasteiger partial charge in [-0.15, -0.1) is 0 Å². The topological polar surface area (TPSA) is 89.1 Å². The van der Waals surface area contributed by atoms with Gasteiger partial charge in [0.25, 0.3) is 0 Å². The van der Waals surface area contributed by atoms with Gasteiger partial charge in [-0.25, -0.2) is 4.98 Å². The van der Waals surface area contributed by atoms with E-state index in [-0.39, 0.29) is 0 Å². The quantitative estimate of drug-likeness (QED) is 0.832. The second-order valence-electron chi connectivity index (χ2n) is 6.07.